The zero-order valence-electron chi connectivity index (χ0n) is 27.9. The van der Waals surface area contributed by atoms with E-state index in [0.29, 0.717) is 12.3 Å². The highest BCUT2D eigenvalue weighted by atomic mass is 32.2. The van der Waals surface area contributed by atoms with Crippen LogP contribution in [0.3, 0.4) is 0 Å². The second kappa shape index (κ2) is 13.9. The molecule has 4 bridgehead atoms. The van der Waals surface area contributed by atoms with Crippen molar-refractivity contribution in [1.82, 2.24) is 25.8 Å². The number of thioether (sulfide) groups is 1. The van der Waals surface area contributed by atoms with Crippen molar-refractivity contribution in [2.45, 2.75) is 87.8 Å². The highest BCUT2D eigenvalue weighted by molar-refractivity contribution is 7.99. The van der Waals surface area contributed by atoms with E-state index in [2.05, 4.69) is 69.1 Å². The number of hydrogen-bond acceptors (Lipinski definition) is 7. The Kier molecular flexibility index (Phi) is 9.22. The first kappa shape index (κ1) is 32.5. The van der Waals surface area contributed by atoms with Crippen LogP contribution in [0.2, 0.25) is 0 Å². The van der Waals surface area contributed by atoms with Crippen LogP contribution in [0.4, 0.5) is 4.79 Å². The number of aromatic amines is 1. The van der Waals surface area contributed by atoms with Gasteiger partial charge >= 0.3 is 6.03 Å². The van der Waals surface area contributed by atoms with Gasteiger partial charge in [0.05, 0.1) is 18.8 Å². The summed E-state index contributed by atoms with van der Waals surface area (Å²) in [4.78, 5) is 17.5. The minimum Gasteiger partial charge on any atom is -0.392 e. The van der Waals surface area contributed by atoms with Crippen LogP contribution < -0.4 is 10.6 Å². The van der Waals surface area contributed by atoms with Gasteiger partial charge in [-0.2, -0.15) is 5.10 Å². The fourth-order valence-electron chi connectivity index (χ4n) is 9.23. The van der Waals surface area contributed by atoms with Gasteiger partial charge in [-0.3, -0.25) is 5.10 Å². The van der Waals surface area contributed by atoms with Crippen LogP contribution in [0.15, 0.2) is 84.3 Å². The number of urea groups is 1. The smallest absolute Gasteiger partial charge is 0.315 e. The molecule has 4 aromatic rings. The molecule has 49 heavy (non-hydrogen) atoms. The molecule has 1 saturated heterocycles. The Bertz CT molecular complexity index is 1700. The molecule has 4 saturated carbocycles. The number of nitrogens with one attached hydrogen (secondary N) is 3. The number of aliphatic hydroxyl groups excluding tert-OH is 1. The standard InChI is InChI=1S/C39H45N5O4S/c1-24-34(22-49-38-41-23-42-44-38)47-36(48-35(24)30-8-6-25(21-45)7-9-30)31-12-10-29(11-13-31)33-5-3-2-4-32(33)20-40-37(46)43-39-17-26-14-27(18-39)16-28(15-26)19-39/h2-13,23-24,26-28,34-36,45H,14-22H2,1H3,(H2,40,43,46)(H,41,42,44)/t24-,26?,27?,28?,34+,35+,36+,39?/m1/s1. The van der Waals surface area contributed by atoms with E-state index >= 15 is 0 Å². The van der Waals surface area contributed by atoms with Crippen LogP contribution >= 0.6 is 11.8 Å². The Morgan fingerprint density at radius 2 is 1.63 bits per heavy atom. The molecule has 5 aliphatic rings. The number of H-pyrrole nitrogens is 1. The van der Waals surface area contributed by atoms with E-state index in [4.69, 9.17) is 9.47 Å². The van der Waals surface area contributed by atoms with E-state index in [0.717, 1.165) is 75.6 Å². The lowest BCUT2D eigenvalue weighted by Gasteiger charge is -2.56. The molecule has 0 radical (unpaired) electrons. The predicted molar refractivity (Wildman–Crippen MR) is 188 cm³/mol. The maximum absolute atomic E-state index is 13.2. The van der Waals surface area contributed by atoms with E-state index in [1.54, 1.807) is 11.8 Å². The molecule has 2 heterocycles. The summed E-state index contributed by atoms with van der Waals surface area (Å²) in [7, 11) is 0. The number of nitrogens with zero attached hydrogens (tertiary/aromatic N) is 2. The third-order valence-electron chi connectivity index (χ3n) is 11.3. The predicted octanol–water partition coefficient (Wildman–Crippen LogP) is 7.32. The SMILES string of the molecule is C[C@@H]1[C@H](CSc2ncn[nH]2)O[C@H](c2ccc(-c3ccccc3CNC(=O)NC34CC5CC(CC(C5)C3)C4)cc2)O[C@@H]1c1ccc(CO)cc1. The topological polar surface area (TPSA) is 121 Å². The molecule has 9 nitrogen and oxygen atoms in total. The molecule has 256 valence electrons. The molecule has 4 atom stereocenters. The highest BCUT2D eigenvalue weighted by Crippen LogP contribution is 2.55. The van der Waals surface area contributed by atoms with E-state index < -0.39 is 6.29 Å². The number of benzene rings is 3. The van der Waals surface area contributed by atoms with E-state index in [1.807, 2.05) is 36.4 Å². The van der Waals surface area contributed by atoms with Crippen LogP contribution in [-0.4, -0.2) is 43.7 Å². The number of aromatic nitrogens is 3. The van der Waals surface area contributed by atoms with Crippen molar-refractivity contribution in [3.8, 4) is 11.1 Å². The van der Waals surface area contributed by atoms with Gasteiger partial charge in [0.1, 0.15) is 6.33 Å². The van der Waals surface area contributed by atoms with E-state index in [9.17, 15) is 9.90 Å². The van der Waals surface area contributed by atoms with Gasteiger partial charge in [0.25, 0.3) is 0 Å². The third kappa shape index (κ3) is 7.01. The Morgan fingerprint density at radius 3 is 2.31 bits per heavy atom. The van der Waals surface area contributed by atoms with Gasteiger partial charge in [-0.25, -0.2) is 9.78 Å². The van der Waals surface area contributed by atoms with Crippen LogP contribution in [0.1, 0.15) is 80.1 Å². The average Bonchev–Trinajstić information content (AvgIpc) is 3.64. The molecule has 2 amide bonds. The molecule has 4 N–H and O–H groups in total. The summed E-state index contributed by atoms with van der Waals surface area (Å²) < 4.78 is 13.3. The molecular weight excluding hydrogens is 635 g/mol. The Morgan fingerprint density at radius 1 is 0.939 bits per heavy atom. The molecule has 1 aliphatic heterocycles. The second-order valence-corrected chi connectivity index (χ2v) is 15.7. The molecule has 3 aromatic carbocycles. The lowest BCUT2D eigenvalue weighted by Crippen LogP contribution is -2.61. The van der Waals surface area contributed by atoms with Crippen molar-refractivity contribution < 1.29 is 19.4 Å². The molecule has 9 rings (SSSR count). The summed E-state index contributed by atoms with van der Waals surface area (Å²) in [5.41, 5.74) is 6.08. The van der Waals surface area contributed by atoms with Crippen molar-refractivity contribution in [2.75, 3.05) is 5.75 Å². The van der Waals surface area contributed by atoms with Gasteiger partial charge in [-0.15, -0.1) is 0 Å². The number of amides is 2. The summed E-state index contributed by atoms with van der Waals surface area (Å²) in [5.74, 6) is 3.13. The first-order valence-electron chi connectivity index (χ1n) is 17.7. The van der Waals surface area contributed by atoms with Gasteiger partial charge in [0.2, 0.25) is 0 Å². The number of carbonyl (C=O) groups excluding carboxylic acids is 1. The van der Waals surface area contributed by atoms with Crippen molar-refractivity contribution >= 4 is 17.8 Å². The zero-order chi connectivity index (χ0) is 33.4. The lowest BCUT2D eigenvalue weighted by molar-refractivity contribution is -0.268. The molecule has 0 spiro atoms. The van der Waals surface area contributed by atoms with Gasteiger partial charge < -0.3 is 25.2 Å². The third-order valence-corrected chi connectivity index (χ3v) is 12.2. The lowest BCUT2D eigenvalue weighted by atomic mass is 9.53. The molecular formula is C39H45N5O4S. The molecule has 0 unspecified atom stereocenters. The summed E-state index contributed by atoms with van der Waals surface area (Å²) in [6.45, 7) is 2.62. The molecule has 5 fully saturated rings. The highest BCUT2D eigenvalue weighted by Gasteiger charge is 2.51. The van der Waals surface area contributed by atoms with Gasteiger partial charge in [-0.05, 0) is 84.1 Å². The van der Waals surface area contributed by atoms with Crippen molar-refractivity contribution in [2.24, 2.45) is 23.7 Å². The summed E-state index contributed by atoms with van der Waals surface area (Å²) in [5, 5.41) is 23.9. The second-order valence-electron chi connectivity index (χ2n) is 14.7. The first-order chi connectivity index (χ1) is 23.9. The minimum absolute atomic E-state index is 0.00409. The van der Waals surface area contributed by atoms with Crippen LogP contribution in [0, 0.1) is 23.7 Å². The van der Waals surface area contributed by atoms with Gasteiger partial charge in [0, 0.05) is 29.3 Å². The Hall–Kier alpha value is -3.70. The number of rotatable bonds is 10. The Balaban J connectivity index is 0.960. The number of carbonyl (C=O) groups is 1. The normalized spacial score (nSPS) is 30.3. The fraction of sp³-hybridized carbons (Fsp3) is 0.462. The zero-order valence-corrected chi connectivity index (χ0v) is 28.7. The summed E-state index contributed by atoms with van der Waals surface area (Å²) in [6.07, 6.45) is 8.15. The maximum atomic E-state index is 13.2. The molecule has 10 heteroatoms. The van der Waals surface area contributed by atoms with E-state index in [-0.39, 0.29) is 36.3 Å². The van der Waals surface area contributed by atoms with Crippen molar-refractivity contribution in [1.29, 1.82) is 0 Å². The van der Waals surface area contributed by atoms with Crippen LogP contribution in [-0.2, 0) is 22.6 Å². The largest absolute Gasteiger partial charge is 0.392 e. The molecule has 4 aliphatic carbocycles. The molecule has 1 aromatic heterocycles. The minimum atomic E-state index is -0.557. The van der Waals surface area contributed by atoms with Gasteiger partial charge in [-0.1, -0.05) is 91.5 Å². The monoisotopic (exact) mass is 679 g/mol. The Labute approximate surface area is 292 Å². The summed E-state index contributed by atoms with van der Waals surface area (Å²) >= 11 is 1.58. The number of hydrogen-bond donors (Lipinski definition) is 4. The number of aliphatic hydroxyl groups is 1. The van der Waals surface area contributed by atoms with E-state index in [1.165, 1.54) is 25.6 Å². The van der Waals surface area contributed by atoms with Crippen molar-refractivity contribution in [3.63, 3.8) is 0 Å². The maximum Gasteiger partial charge on any atom is 0.315 e. The number of ether oxygens (including phenoxy) is 2. The quantitative estimate of drug-likeness (QED) is 0.130. The average molecular weight is 680 g/mol. The van der Waals surface area contributed by atoms with Crippen LogP contribution in [0.5, 0.6) is 0 Å². The van der Waals surface area contributed by atoms with Crippen molar-refractivity contribution in [3.05, 3.63) is 101 Å². The first-order valence-corrected chi connectivity index (χ1v) is 18.7. The fourth-order valence-corrected chi connectivity index (χ4v) is 10.2. The van der Waals surface area contributed by atoms with Crippen LogP contribution in [0.25, 0.3) is 11.1 Å². The van der Waals surface area contributed by atoms with Gasteiger partial charge in [0.15, 0.2) is 11.4 Å². The summed E-state index contributed by atoms with van der Waals surface area (Å²) in [6, 6.07) is 24.6.